The predicted molar refractivity (Wildman–Crippen MR) is 97.3 cm³/mol. The van der Waals surface area contributed by atoms with Crippen LogP contribution >= 0.6 is 24.0 Å². The van der Waals surface area contributed by atoms with E-state index < -0.39 is 14.6 Å². The molecule has 0 unspecified atom stereocenters. The Kier molecular flexibility index (Phi) is 9.79. The summed E-state index contributed by atoms with van der Waals surface area (Å²) in [5.41, 5.74) is 0. The molecule has 1 saturated heterocycles. The summed E-state index contributed by atoms with van der Waals surface area (Å²) in [5, 5.41) is 6.34. The molecule has 1 aliphatic heterocycles. The van der Waals surface area contributed by atoms with E-state index in [-0.39, 0.29) is 24.0 Å². The third-order valence-corrected chi connectivity index (χ3v) is 5.94. The van der Waals surface area contributed by atoms with Gasteiger partial charge in [-0.1, -0.05) is 13.3 Å². The van der Waals surface area contributed by atoms with E-state index in [9.17, 15) is 8.42 Å². The van der Waals surface area contributed by atoms with Crippen LogP contribution < -0.4 is 10.6 Å². The minimum Gasteiger partial charge on any atom is -0.381 e. The molecule has 0 aromatic rings. The smallest absolute Gasteiger partial charge is 0.191 e. The number of unbranched alkanes of at least 4 members (excludes halogenated alkanes) is 1. The lowest BCUT2D eigenvalue weighted by molar-refractivity contribution is 0.0756. The van der Waals surface area contributed by atoms with Crippen molar-refractivity contribution in [2.75, 3.05) is 39.6 Å². The number of ether oxygens (including phenoxy) is 1. The first-order valence-electron chi connectivity index (χ1n) is 7.17. The molecule has 0 amide bonds. The van der Waals surface area contributed by atoms with Crippen LogP contribution in [-0.4, -0.2) is 58.7 Å². The Balaban J connectivity index is 0.00000400. The van der Waals surface area contributed by atoms with Gasteiger partial charge < -0.3 is 15.4 Å². The number of aliphatic imine (C=N–C) groups is 1. The molecule has 0 saturated carbocycles. The fourth-order valence-electron chi connectivity index (χ4n) is 2.27. The summed E-state index contributed by atoms with van der Waals surface area (Å²) in [6.07, 6.45) is 4.54. The molecule has 0 spiro atoms. The molecule has 1 aliphatic rings. The third kappa shape index (κ3) is 6.27. The maximum atomic E-state index is 12.1. The lowest BCUT2D eigenvalue weighted by atomic mass is 9.99. The monoisotopic (exact) mass is 433 g/mol. The van der Waals surface area contributed by atoms with E-state index in [1.807, 2.05) is 0 Å². The van der Waals surface area contributed by atoms with E-state index in [1.165, 1.54) is 6.26 Å². The van der Waals surface area contributed by atoms with Crippen LogP contribution in [0.5, 0.6) is 0 Å². The van der Waals surface area contributed by atoms with Crippen molar-refractivity contribution in [1.29, 1.82) is 0 Å². The Morgan fingerprint density at radius 3 is 2.38 bits per heavy atom. The van der Waals surface area contributed by atoms with Crippen LogP contribution in [0.15, 0.2) is 4.99 Å². The first-order valence-corrected chi connectivity index (χ1v) is 9.06. The van der Waals surface area contributed by atoms with Crippen LogP contribution in [0.1, 0.15) is 32.6 Å². The summed E-state index contributed by atoms with van der Waals surface area (Å²) in [6, 6.07) is 0. The minimum absolute atomic E-state index is 0. The van der Waals surface area contributed by atoms with Crippen LogP contribution in [0.25, 0.3) is 0 Å². The van der Waals surface area contributed by atoms with Crippen LogP contribution in [0.3, 0.4) is 0 Å². The quantitative estimate of drug-likeness (QED) is 0.285. The van der Waals surface area contributed by atoms with Crippen molar-refractivity contribution in [3.63, 3.8) is 0 Å². The summed E-state index contributed by atoms with van der Waals surface area (Å²) >= 11 is 0. The molecular formula is C13H28IN3O3S. The van der Waals surface area contributed by atoms with Crippen LogP contribution in [0.2, 0.25) is 0 Å². The van der Waals surface area contributed by atoms with E-state index in [4.69, 9.17) is 4.74 Å². The van der Waals surface area contributed by atoms with Crippen LogP contribution in [-0.2, 0) is 14.6 Å². The topological polar surface area (TPSA) is 79.8 Å². The van der Waals surface area contributed by atoms with Gasteiger partial charge in [-0.15, -0.1) is 24.0 Å². The van der Waals surface area contributed by atoms with E-state index in [0.29, 0.717) is 38.6 Å². The molecule has 0 aliphatic carbocycles. The molecule has 0 aromatic heterocycles. The number of nitrogens with zero attached hydrogens (tertiary/aromatic N) is 1. The average Bonchev–Trinajstić information content (AvgIpc) is 2.42. The van der Waals surface area contributed by atoms with Gasteiger partial charge in [0.1, 0.15) is 0 Å². The van der Waals surface area contributed by atoms with Crippen molar-refractivity contribution < 1.29 is 13.2 Å². The highest BCUT2D eigenvalue weighted by Crippen LogP contribution is 2.28. The standard InChI is InChI=1S/C13H27N3O3S.HI/c1-4-5-8-15-12(14-2)16-11-13(20(3,17)18)6-9-19-10-7-13;/h4-11H2,1-3H3,(H2,14,15,16);1H. The number of rotatable bonds is 6. The van der Waals surface area contributed by atoms with Gasteiger partial charge in [-0.3, -0.25) is 4.99 Å². The van der Waals surface area contributed by atoms with Gasteiger partial charge in [0, 0.05) is 39.6 Å². The van der Waals surface area contributed by atoms with Gasteiger partial charge in [0.2, 0.25) is 0 Å². The van der Waals surface area contributed by atoms with E-state index in [1.54, 1.807) is 7.05 Å². The lowest BCUT2D eigenvalue weighted by Crippen LogP contribution is -2.53. The molecule has 8 heteroatoms. The van der Waals surface area contributed by atoms with Crippen molar-refractivity contribution >= 4 is 39.8 Å². The molecule has 0 aromatic carbocycles. The van der Waals surface area contributed by atoms with Gasteiger partial charge in [0.05, 0.1) is 4.75 Å². The highest BCUT2D eigenvalue weighted by molar-refractivity contribution is 14.0. The summed E-state index contributed by atoms with van der Waals surface area (Å²) < 4.78 is 28.8. The molecule has 1 rings (SSSR count). The molecule has 126 valence electrons. The predicted octanol–water partition coefficient (Wildman–Crippen LogP) is 1.16. The molecule has 1 fully saturated rings. The molecule has 0 bridgehead atoms. The van der Waals surface area contributed by atoms with Crippen molar-refractivity contribution in [1.82, 2.24) is 10.6 Å². The second-order valence-electron chi connectivity index (χ2n) is 5.27. The highest BCUT2D eigenvalue weighted by atomic mass is 127. The zero-order valence-corrected chi connectivity index (χ0v) is 16.3. The summed E-state index contributed by atoms with van der Waals surface area (Å²) in [4.78, 5) is 4.13. The number of hydrogen-bond acceptors (Lipinski definition) is 4. The van der Waals surface area contributed by atoms with Gasteiger partial charge in [-0.2, -0.15) is 0 Å². The number of guanidine groups is 1. The maximum Gasteiger partial charge on any atom is 0.191 e. The number of hydrogen-bond donors (Lipinski definition) is 2. The SMILES string of the molecule is CCCCNC(=NC)NCC1(S(C)(=O)=O)CCOCC1.I. The van der Waals surface area contributed by atoms with Gasteiger partial charge in [-0.05, 0) is 19.3 Å². The second kappa shape index (κ2) is 9.83. The molecule has 21 heavy (non-hydrogen) atoms. The Hall–Kier alpha value is -0.0900. The van der Waals surface area contributed by atoms with Gasteiger partial charge in [-0.25, -0.2) is 8.42 Å². The third-order valence-electron chi connectivity index (χ3n) is 3.81. The lowest BCUT2D eigenvalue weighted by Gasteiger charge is -2.35. The average molecular weight is 433 g/mol. The fraction of sp³-hybridized carbons (Fsp3) is 0.923. The summed E-state index contributed by atoms with van der Waals surface area (Å²) in [6.45, 7) is 4.33. The van der Waals surface area contributed by atoms with E-state index in [2.05, 4.69) is 22.5 Å². The van der Waals surface area contributed by atoms with Crippen LogP contribution in [0, 0.1) is 0 Å². The molecule has 1 heterocycles. The number of halogens is 1. The largest absolute Gasteiger partial charge is 0.381 e. The first-order chi connectivity index (χ1) is 9.45. The van der Waals surface area contributed by atoms with Crippen molar-refractivity contribution in [3.05, 3.63) is 0 Å². The first kappa shape index (κ1) is 20.9. The van der Waals surface area contributed by atoms with Gasteiger partial charge >= 0.3 is 0 Å². The Morgan fingerprint density at radius 1 is 1.29 bits per heavy atom. The Labute approximate surface area is 145 Å². The summed E-state index contributed by atoms with van der Waals surface area (Å²) in [7, 11) is -1.45. The minimum atomic E-state index is -3.14. The van der Waals surface area contributed by atoms with Crippen molar-refractivity contribution in [2.24, 2.45) is 4.99 Å². The summed E-state index contributed by atoms with van der Waals surface area (Å²) in [5.74, 6) is 0.660. The fourth-order valence-corrected chi connectivity index (χ4v) is 3.51. The maximum absolute atomic E-state index is 12.1. The highest BCUT2D eigenvalue weighted by Gasteiger charge is 2.42. The second-order valence-corrected chi connectivity index (χ2v) is 7.68. The number of nitrogens with one attached hydrogen (secondary N) is 2. The Bertz CT molecular complexity index is 420. The van der Waals surface area contributed by atoms with Gasteiger partial charge in [0.15, 0.2) is 15.8 Å². The molecular weight excluding hydrogens is 405 g/mol. The molecule has 6 nitrogen and oxygen atoms in total. The zero-order chi connectivity index (χ0) is 15.1. The number of sulfone groups is 1. The van der Waals surface area contributed by atoms with Crippen molar-refractivity contribution in [2.45, 2.75) is 37.4 Å². The van der Waals surface area contributed by atoms with E-state index in [0.717, 1.165) is 19.4 Å². The van der Waals surface area contributed by atoms with Crippen LogP contribution in [0.4, 0.5) is 0 Å². The normalized spacial score (nSPS) is 18.7. The molecule has 0 atom stereocenters. The van der Waals surface area contributed by atoms with Crippen molar-refractivity contribution in [3.8, 4) is 0 Å². The molecule has 0 radical (unpaired) electrons. The zero-order valence-electron chi connectivity index (χ0n) is 13.1. The van der Waals surface area contributed by atoms with E-state index >= 15 is 0 Å². The molecule has 2 N–H and O–H groups in total. The van der Waals surface area contributed by atoms with Gasteiger partial charge in [0.25, 0.3) is 0 Å². The Morgan fingerprint density at radius 2 is 1.90 bits per heavy atom.